The summed E-state index contributed by atoms with van der Waals surface area (Å²) in [5.41, 5.74) is -7.58. The summed E-state index contributed by atoms with van der Waals surface area (Å²) < 4.78 is 228. The number of anilines is 1. The van der Waals surface area contributed by atoms with Crippen molar-refractivity contribution in [1.82, 2.24) is 4.90 Å². The second-order valence-electron chi connectivity index (χ2n) is 6.37. The van der Waals surface area contributed by atoms with Gasteiger partial charge in [-0.1, -0.05) is 0 Å². The molecule has 1 amide bonds. The smallest absolute Gasteiger partial charge is 1.00 e. The zero-order chi connectivity index (χ0) is 30.7. The van der Waals surface area contributed by atoms with Crippen LogP contribution in [0.2, 0.25) is 0 Å². The molecule has 1 atom stereocenters. The molecule has 0 bridgehead atoms. The van der Waals surface area contributed by atoms with E-state index in [9.17, 15) is 88.0 Å². The Bertz CT molecular complexity index is 1030. The number of carbonyl (C=O) groups is 1. The van der Waals surface area contributed by atoms with Crippen molar-refractivity contribution in [2.45, 2.75) is 54.7 Å². The summed E-state index contributed by atoms with van der Waals surface area (Å²) in [5, 5.41) is 0.879. The first-order valence-electron chi connectivity index (χ1n) is 8.55. The van der Waals surface area contributed by atoms with Crippen LogP contribution in [0.5, 0.6) is 0 Å². The monoisotopic (exact) mass is 657 g/mol. The van der Waals surface area contributed by atoms with Crippen LogP contribution in [0.25, 0.3) is 0 Å². The minimum Gasteiger partial charge on any atom is -1.00 e. The van der Waals surface area contributed by atoms with Gasteiger partial charge in [-0.05, 0) is 24.3 Å². The minimum atomic E-state index is -6.96. The molecule has 0 saturated heterocycles. The number of carbonyl (C=O) groups excluding carboxylic acids is 1. The van der Waals surface area contributed by atoms with Gasteiger partial charge in [0, 0.05) is 5.69 Å². The van der Waals surface area contributed by atoms with Gasteiger partial charge in [0.15, 0.2) is 0 Å². The van der Waals surface area contributed by atoms with Gasteiger partial charge in [-0.2, -0.15) is 48.3 Å². The van der Waals surface area contributed by atoms with Gasteiger partial charge < -0.3 is 11.3 Å². The molecule has 0 saturated carbocycles. The Hall–Kier alpha value is -0.924. The van der Waals surface area contributed by atoms with Crippen molar-refractivity contribution in [3.63, 3.8) is 0 Å². The van der Waals surface area contributed by atoms with E-state index < -0.39 is 81.3 Å². The Kier molecular flexibility index (Phi) is 14.8. The largest absolute Gasteiger partial charge is 1.00 e. The summed E-state index contributed by atoms with van der Waals surface area (Å²) in [6.45, 7) is -10.0. The van der Waals surface area contributed by atoms with Gasteiger partial charge in [-0.3, -0.25) is 4.79 Å². The fraction of sp³-hybridized carbons (Fsp3) is 0.533. The van der Waals surface area contributed by atoms with Gasteiger partial charge in [-0.15, -0.1) is 4.90 Å². The van der Waals surface area contributed by atoms with Crippen molar-refractivity contribution >= 4 is 21.7 Å². The van der Waals surface area contributed by atoms with Crippen molar-refractivity contribution in [3.8, 4) is 0 Å². The Labute approximate surface area is 250 Å². The predicted octanol–water partition coefficient (Wildman–Crippen LogP) is 2.41. The molecule has 0 heterocycles. The Balaban J connectivity index is -0.00000107. The Morgan fingerprint density at radius 2 is 1.15 bits per heavy atom. The van der Waals surface area contributed by atoms with E-state index in [4.69, 9.17) is 0 Å². The van der Waals surface area contributed by atoms with Crippen molar-refractivity contribution < 1.29 is 141 Å². The van der Waals surface area contributed by atoms with Crippen LogP contribution in [0, 0.1) is 0 Å². The molecule has 224 valence electrons. The number of rotatable bonds is 9. The van der Waals surface area contributed by atoms with Crippen LogP contribution >= 0.6 is 0 Å². The topological polar surface area (TPSA) is 89.5 Å². The SMILES string of the molecule is FC(F)C(F)(F)C(F)F.O=C(Nc1ccc(S(=O)(=O)[O-])cc1)C(F)(C(F)(F)F)C(F)(F)N(C(F)F)C(F)F.[H-].[K+]. The molecule has 0 aliphatic rings. The molecule has 6 nitrogen and oxygen atoms in total. The zero-order valence-corrected chi connectivity index (χ0v) is 22.1. The first-order chi connectivity index (χ1) is 16.8. The average molecular weight is 657 g/mol. The molecular weight excluding hydrogens is 647 g/mol. The van der Waals surface area contributed by atoms with E-state index in [-0.39, 0.29) is 52.8 Å². The molecular formula is C15H10F16KN2O4S-. The summed E-state index contributed by atoms with van der Waals surface area (Å²) in [4.78, 5) is 7.85. The van der Waals surface area contributed by atoms with Crippen LogP contribution in [-0.2, 0) is 14.9 Å². The third-order valence-corrected chi connectivity index (χ3v) is 4.70. The van der Waals surface area contributed by atoms with E-state index in [0.29, 0.717) is 24.3 Å². The quantitative estimate of drug-likeness (QED) is 0.191. The zero-order valence-electron chi connectivity index (χ0n) is 19.2. The van der Waals surface area contributed by atoms with E-state index in [1.54, 1.807) is 0 Å². The number of benzene rings is 1. The summed E-state index contributed by atoms with van der Waals surface area (Å²) in [6.07, 6.45) is -15.5. The van der Waals surface area contributed by atoms with E-state index in [1.165, 1.54) is 0 Å². The molecule has 1 N–H and O–H groups in total. The van der Waals surface area contributed by atoms with Crippen LogP contribution in [0.4, 0.5) is 75.9 Å². The maximum atomic E-state index is 14.3. The normalized spacial score (nSPS) is 14.7. The van der Waals surface area contributed by atoms with Gasteiger partial charge in [0.1, 0.15) is 10.1 Å². The third kappa shape index (κ3) is 9.56. The average Bonchev–Trinajstić information content (AvgIpc) is 2.71. The van der Waals surface area contributed by atoms with E-state index in [0.717, 1.165) is 5.32 Å². The molecule has 1 unspecified atom stereocenters. The molecule has 0 aliphatic heterocycles. The first-order valence-corrected chi connectivity index (χ1v) is 9.96. The number of amides is 1. The van der Waals surface area contributed by atoms with E-state index in [2.05, 4.69) is 0 Å². The molecule has 0 spiro atoms. The number of hydrogen-bond acceptors (Lipinski definition) is 5. The van der Waals surface area contributed by atoms with Gasteiger partial charge in [0.25, 0.3) is 5.91 Å². The van der Waals surface area contributed by atoms with Gasteiger partial charge in [0.2, 0.25) is 0 Å². The first kappa shape index (κ1) is 40.2. The van der Waals surface area contributed by atoms with E-state index in [1.807, 2.05) is 0 Å². The summed E-state index contributed by atoms with van der Waals surface area (Å²) in [5.74, 6) is -8.53. The summed E-state index contributed by atoms with van der Waals surface area (Å²) in [6, 6.07) is -5.27. The summed E-state index contributed by atoms with van der Waals surface area (Å²) in [7, 11) is -5.06. The van der Waals surface area contributed by atoms with Crippen molar-refractivity contribution in [2.75, 3.05) is 5.32 Å². The maximum Gasteiger partial charge on any atom is 1.00 e. The maximum absolute atomic E-state index is 14.3. The predicted molar refractivity (Wildman–Crippen MR) is 89.8 cm³/mol. The summed E-state index contributed by atoms with van der Waals surface area (Å²) >= 11 is 0. The van der Waals surface area contributed by atoms with Crippen LogP contribution in [0.15, 0.2) is 29.2 Å². The molecule has 0 aliphatic carbocycles. The van der Waals surface area contributed by atoms with E-state index >= 15 is 0 Å². The van der Waals surface area contributed by atoms with Crippen LogP contribution in [0.3, 0.4) is 0 Å². The van der Waals surface area contributed by atoms with Crippen LogP contribution in [0.1, 0.15) is 1.43 Å². The molecule has 39 heavy (non-hydrogen) atoms. The minimum absolute atomic E-state index is 0. The Morgan fingerprint density at radius 3 is 1.38 bits per heavy atom. The molecule has 0 radical (unpaired) electrons. The number of hydrogen-bond donors (Lipinski definition) is 1. The third-order valence-electron chi connectivity index (χ3n) is 3.85. The van der Waals surface area contributed by atoms with Crippen LogP contribution < -0.4 is 56.7 Å². The van der Waals surface area contributed by atoms with Gasteiger partial charge in [-0.25, -0.2) is 30.4 Å². The standard InChI is InChI=1S/C12H8F10N2O4S.C3H2F6.K.H/c13-8(14)24(9(15)16)12(21,22)10(17,11(18,19)20)7(25)23-5-1-3-6(4-2-5)29(26,27)28;4-1(5)3(8,9)2(6)7;;/h1-4,8-9H,(H,23,25)(H,26,27,28);1-2H;;/q;;+1;-1/p-1. The molecule has 0 aromatic heterocycles. The molecule has 1 aromatic rings. The fourth-order valence-corrected chi connectivity index (χ4v) is 2.43. The van der Waals surface area contributed by atoms with Crippen molar-refractivity contribution in [3.05, 3.63) is 24.3 Å². The van der Waals surface area contributed by atoms with Crippen molar-refractivity contribution in [2.24, 2.45) is 0 Å². The number of halogens is 16. The second-order valence-corrected chi connectivity index (χ2v) is 7.75. The molecule has 0 fully saturated rings. The number of nitrogens with zero attached hydrogens (tertiary/aromatic N) is 1. The molecule has 24 heteroatoms. The number of alkyl halides is 16. The van der Waals surface area contributed by atoms with Crippen molar-refractivity contribution in [1.29, 1.82) is 0 Å². The number of nitrogens with one attached hydrogen (secondary N) is 1. The second kappa shape index (κ2) is 14.3. The van der Waals surface area contributed by atoms with Gasteiger partial charge >= 0.3 is 101 Å². The fourth-order valence-electron chi connectivity index (χ4n) is 1.96. The van der Waals surface area contributed by atoms with Crippen LogP contribution in [-0.4, -0.2) is 73.5 Å². The molecule has 1 aromatic carbocycles. The molecule has 1 rings (SSSR count). The Morgan fingerprint density at radius 1 is 0.795 bits per heavy atom. The van der Waals surface area contributed by atoms with Gasteiger partial charge in [0.05, 0.1) is 4.90 Å².